The number of aromatic nitrogens is 3. The van der Waals surface area contributed by atoms with Gasteiger partial charge in [-0.05, 0) is 32.4 Å². The largest absolute Gasteiger partial charge is 0.451 e. The lowest BCUT2D eigenvalue weighted by Crippen LogP contribution is -2.39. The van der Waals surface area contributed by atoms with Gasteiger partial charge in [-0.15, -0.1) is 10.2 Å². The second-order valence-electron chi connectivity index (χ2n) is 8.54. The monoisotopic (exact) mass is 509 g/mol. The Balaban J connectivity index is 1.87. The molecule has 0 fully saturated rings. The number of fused-ring (bicyclic) bond motifs is 1. The van der Waals surface area contributed by atoms with Crippen LogP contribution in [0.3, 0.4) is 0 Å². The Hall–Kier alpha value is -2.90. The quantitative estimate of drug-likeness (QED) is 0.381. The zero-order valence-corrected chi connectivity index (χ0v) is 19.2. The van der Waals surface area contributed by atoms with Gasteiger partial charge in [0.2, 0.25) is 11.7 Å². The second-order valence-corrected chi connectivity index (χ2v) is 10.5. The molecule has 1 atom stereocenters. The molecule has 0 aliphatic carbocycles. The van der Waals surface area contributed by atoms with Crippen LogP contribution in [0.15, 0.2) is 23.9 Å². The summed E-state index contributed by atoms with van der Waals surface area (Å²) in [6.07, 6.45) is -4.11. The van der Waals surface area contributed by atoms with Gasteiger partial charge in [-0.3, -0.25) is 4.79 Å². The van der Waals surface area contributed by atoms with Crippen LogP contribution in [0.4, 0.5) is 26.3 Å². The van der Waals surface area contributed by atoms with E-state index in [2.05, 4.69) is 14.9 Å². The van der Waals surface area contributed by atoms with E-state index in [9.17, 15) is 35.3 Å². The van der Waals surface area contributed by atoms with Crippen LogP contribution in [0.5, 0.6) is 0 Å². The SMILES string of the molecule is CC(C)(C)S(=O)N/C(=C\C(=O)N1CCn2c(nnc2C(F)(F)F)C1)Cc1cc(F)c(F)cc1F. The molecule has 1 unspecified atom stereocenters. The number of hydrogen-bond acceptors (Lipinski definition) is 4. The van der Waals surface area contributed by atoms with Crippen LogP contribution in [0.1, 0.15) is 38.0 Å². The van der Waals surface area contributed by atoms with Crippen LogP contribution in [-0.4, -0.2) is 41.1 Å². The van der Waals surface area contributed by atoms with Crippen LogP contribution >= 0.6 is 0 Å². The molecule has 1 aromatic heterocycles. The van der Waals surface area contributed by atoms with E-state index in [1.807, 2.05) is 0 Å². The normalized spacial score (nSPS) is 15.8. The van der Waals surface area contributed by atoms with Crippen molar-refractivity contribution in [3.63, 3.8) is 0 Å². The lowest BCUT2D eigenvalue weighted by Gasteiger charge is -2.27. The van der Waals surface area contributed by atoms with Gasteiger partial charge in [0.25, 0.3) is 0 Å². The minimum atomic E-state index is -4.69. The van der Waals surface area contributed by atoms with E-state index in [1.165, 1.54) is 4.90 Å². The van der Waals surface area contributed by atoms with E-state index in [1.54, 1.807) is 20.8 Å². The highest BCUT2D eigenvalue weighted by atomic mass is 32.2. The minimum Gasteiger partial charge on any atom is -0.330 e. The molecule has 1 aliphatic rings. The summed E-state index contributed by atoms with van der Waals surface area (Å²) in [4.78, 5) is 14.0. The molecular formula is C20H21F6N5O2S. The van der Waals surface area contributed by atoms with Crippen LogP contribution in [0.2, 0.25) is 0 Å². The van der Waals surface area contributed by atoms with Crippen molar-refractivity contribution < 1.29 is 35.3 Å². The van der Waals surface area contributed by atoms with E-state index in [0.29, 0.717) is 12.1 Å². The Kier molecular flexibility index (Phi) is 7.10. The number of rotatable bonds is 5. The Bertz CT molecular complexity index is 1160. The Morgan fingerprint density at radius 1 is 1.09 bits per heavy atom. The Morgan fingerprint density at radius 2 is 1.74 bits per heavy atom. The molecule has 0 saturated carbocycles. The topological polar surface area (TPSA) is 80.1 Å². The third kappa shape index (κ3) is 5.77. The summed E-state index contributed by atoms with van der Waals surface area (Å²) >= 11 is 0. The fourth-order valence-electron chi connectivity index (χ4n) is 3.09. The zero-order chi connectivity index (χ0) is 25.4. The van der Waals surface area contributed by atoms with E-state index in [0.717, 1.165) is 10.6 Å². The molecule has 34 heavy (non-hydrogen) atoms. The van der Waals surface area contributed by atoms with E-state index < -0.39 is 57.5 Å². The first kappa shape index (κ1) is 25.7. The third-order valence-corrected chi connectivity index (χ3v) is 6.43. The Labute approximate surface area is 193 Å². The maximum Gasteiger partial charge on any atom is 0.451 e. The second kappa shape index (κ2) is 9.39. The highest BCUT2D eigenvalue weighted by Gasteiger charge is 2.39. The highest BCUT2D eigenvalue weighted by Crippen LogP contribution is 2.29. The van der Waals surface area contributed by atoms with E-state index in [4.69, 9.17) is 0 Å². The summed E-state index contributed by atoms with van der Waals surface area (Å²) in [5, 5.41) is 6.65. The Morgan fingerprint density at radius 3 is 2.35 bits per heavy atom. The molecule has 2 heterocycles. The number of allylic oxidation sites excluding steroid dienone is 1. The fraction of sp³-hybridized carbons (Fsp3) is 0.450. The average molecular weight is 509 g/mol. The summed E-state index contributed by atoms with van der Waals surface area (Å²) in [5.41, 5.74) is -0.337. The van der Waals surface area contributed by atoms with Gasteiger partial charge in [0.15, 0.2) is 17.5 Å². The smallest absolute Gasteiger partial charge is 0.330 e. The zero-order valence-electron chi connectivity index (χ0n) is 18.3. The molecule has 0 bridgehead atoms. The fourth-order valence-corrected chi connectivity index (χ4v) is 3.76. The van der Waals surface area contributed by atoms with Crippen molar-refractivity contribution in [2.24, 2.45) is 0 Å². The molecule has 3 rings (SSSR count). The van der Waals surface area contributed by atoms with E-state index >= 15 is 0 Å². The number of alkyl halides is 3. The summed E-state index contributed by atoms with van der Waals surface area (Å²) in [7, 11) is -1.75. The molecule has 0 radical (unpaired) electrons. The predicted molar refractivity (Wildman–Crippen MR) is 110 cm³/mol. The van der Waals surface area contributed by atoms with Gasteiger partial charge >= 0.3 is 6.18 Å². The molecule has 1 aliphatic heterocycles. The lowest BCUT2D eigenvalue weighted by atomic mass is 10.1. The minimum absolute atomic E-state index is 0.0498. The van der Waals surface area contributed by atoms with Gasteiger partial charge in [0.1, 0.15) is 16.8 Å². The first-order valence-electron chi connectivity index (χ1n) is 9.97. The average Bonchev–Trinajstić information content (AvgIpc) is 3.14. The maximum absolute atomic E-state index is 14.2. The van der Waals surface area contributed by atoms with Crippen LogP contribution in [0, 0.1) is 17.5 Å². The molecule has 0 spiro atoms. The predicted octanol–water partition coefficient (Wildman–Crippen LogP) is 3.23. The highest BCUT2D eigenvalue weighted by molar-refractivity contribution is 7.84. The molecule has 0 saturated heterocycles. The number of nitrogens with one attached hydrogen (secondary N) is 1. The van der Waals surface area contributed by atoms with Crippen molar-refractivity contribution in [1.82, 2.24) is 24.4 Å². The summed E-state index contributed by atoms with van der Waals surface area (Å²) < 4.78 is 95.4. The molecule has 1 N–H and O–H groups in total. The van der Waals surface area contributed by atoms with E-state index in [-0.39, 0.29) is 36.7 Å². The van der Waals surface area contributed by atoms with Crippen LogP contribution in [-0.2, 0) is 41.5 Å². The molecule has 2 aromatic rings. The van der Waals surface area contributed by atoms with Gasteiger partial charge in [-0.25, -0.2) is 17.4 Å². The number of benzene rings is 1. The van der Waals surface area contributed by atoms with Crippen molar-refractivity contribution in [2.75, 3.05) is 6.54 Å². The third-order valence-electron chi connectivity index (χ3n) is 4.87. The number of carbonyl (C=O) groups is 1. The van der Waals surface area contributed by atoms with Crippen molar-refractivity contribution in [2.45, 2.75) is 51.2 Å². The molecule has 186 valence electrons. The molecule has 1 aromatic carbocycles. The van der Waals surface area contributed by atoms with Crippen molar-refractivity contribution in [3.8, 4) is 0 Å². The lowest BCUT2D eigenvalue weighted by molar-refractivity contribution is -0.148. The van der Waals surface area contributed by atoms with Gasteiger partial charge in [0.05, 0.1) is 11.3 Å². The van der Waals surface area contributed by atoms with Gasteiger partial charge in [-0.2, -0.15) is 13.2 Å². The summed E-state index contributed by atoms with van der Waals surface area (Å²) in [6, 6.07) is 0.993. The van der Waals surface area contributed by atoms with Crippen LogP contribution < -0.4 is 4.72 Å². The van der Waals surface area contributed by atoms with Crippen molar-refractivity contribution in [1.29, 1.82) is 0 Å². The molecule has 7 nitrogen and oxygen atoms in total. The van der Waals surface area contributed by atoms with Gasteiger partial charge in [-0.1, -0.05) is 0 Å². The molecular weight excluding hydrogens is 488 g/mol. The molecule has 1 amide bonds. The first-order valence-corrected chi connectivity index (χ1v) is 11.1. The summed E-state index contributed by atoms with van der Waals surface area (Å²) in [5.74, 6) is -5.66. The number of nitrogens with zero attached hydrogens (tertiary/aromatic N) is 4. The van der Waals surface area contributed by atoms with Gasteiger partial charge in [0, 0.05) is 37.3 Å². The van der Waals surface area contributed by atoms with Crippen LogP contribution in [0.25, 0.3) is 0 Å². The summed E-state index contributed by atoms with van der Waals surface area (Å²) in [6.45, 7) is 4.35. The molecule has 14 heteroatoms. The van der Waals surface area contributed by atoms with Crippen molar-refractivity contribution in [3.05, 3.63) is 58.6 Å². The maximum atomic E-state index is 14.2. The number of carbonyl (C=O) groups excluding carboxylic acids is 1. The number of halogens is 6. The number of hydrogen-bond donors (Lipinski definition) is 1. The standard InChI is InChI=1S/C20H21F6N5O2S/c1-19(2,3)34(33)29-12(6-11-7-14(22)15(23)9-13(11)21)8-17(32)30-4-5-31-16(10-30)27-28-18(31)20(24,25)26/h7-9,29H,4-6,10H2,1-3H3/b12-8-. The number of amides is 1. The first-order chi connectivity index (χ1) is 15.7. The van der Waals surface area contributed by atoms with Gasteiger partial charge < -0.3 is 14.2 Å². The van der Waals surface area contributed by atoms with Crippen molar-refractivity contribution >= 4 is 16.9 Å².